The van der Waals surface area contributed by atoms with Crippen LogP contribution in [0.3, 0.4) is 0 Å². The Bertz CT molecular complexity index is 972. The van der Waals surface area contributed by atoms with E-state index < -0.39 is 5.82 Å². The average molecular weight is 427 g/mol. The topological polar surface area (TPSA) is 27.7 Å². The Labute approximate surface area is 171 Å². The molecule has 1 heterocycles. The predicted molar refractivity (Wildman–Crippen MR) is 109 cm³/mol. The van der Waals surface area contributed by atoms with E-state index in [9.17, 15) is 4.39 Å². The minimum atomic E-state index is -0.459. The number of halogens is 3. The Hall–Kier alpha value is -1.79. The molecule has 3 rings (SSSR count). The summed E-state index contributed by atoms with van der Waals surface area (Å²) in [5.41, 5.74) is 2.51. The first-order chi connectivity index (χ1) is 13.0. The zero-order valence-corrected chi connectivity index (χ0v) is 17.3. The molecule has 0 saturated carbocycles. The minimum absolute atomic E-state index is 0.0112. The quantitative estimate of drug-likeness (QED) is 0.404. The fraction of sp³-hybridized carbons (Fsp3) is 0.200. The first-order valence-electron chi connectivity index (χ1n) is 8.00. The summed E-state index contributed by atoms with van der Waals surface area (Å²) >= 11 is 14.3. The third kappa shape index (κ3) is 4.06. The molecule has 3 aromatic rings. The summed E-state index contributed by atoms with van der Waals surface area (Å²) < 4.78 is 29.5. The molecule has 0 spiro atoms. The number of benzene rings is 2. The van der Waals surface area contributed by atoms with Crippen molar-refractivity contribution in [3.63, 3.8) is 0 Å². The summed E-state index contributed by atoms with van der Waals surface area (Å²) in [5, 5.41) is 1.13. The van der Waals surface area contributed by atoms with Crippen molar-refractivity contribution in [1.29, 1.82) is 0 Å². The molecule has 0 amide bonds. The molecule has 0 bridgehead atoms. The fourth-order valence-electron chi connectivity index (χ4n) is 2.65. The number of ether oxygens (including phenoxy) is 3. The standard InChI is InChI=1S/C20H17Cl2FO3S/c1-11-13(5-7-17(25-3)19(11)22)20-14(21)9-18(27-20)12-4-6-16(15(23)8-12)26-10-24-2/h4-9H,10H2,1-3H3. The van der Waals surface area contributed by atoms with Gasteiger partial charge in [-0.25, -0.2) is 4.39 Å². The molecular weight excluding hydrogens is 410 g/mol. The Morgan fingerprint density at radius 3 is 2.44 bits per heavy atom. The first kappa shape index (κ1) is 20.0. The van der Waals surface area contributed by atoms with Crippen LogP contribution in [-0.4, -0.2) is 21.0 Å². The Balaban J connectivity index is 1.98. The monoisotopic (exact) mass is 426 g/mol. The molecule has 3 nitrogen and oxygen atoms in total. The predicted octanol–water partition coefficient (Wildman–Crippen LogP) is 6.83. The summed E-state index contributed by atoms with van der Waals surface area (Å²) in [4.78, 5) is 1.72. The molecule has 2 aromatic carbocycles. The molecule has 0 aliphatic rings. The van der Waals surface area contributed by atoms with E-state index >= 15 is 0 Å². The molecule has 0 aliphatic carbocycles. The Kier molecular flexibility index (Phi) is 6.27. The van der Waals surface area contributed by atoms with E-state index in [0.29, 0.717) is 21.4 Å². The molecule has 1 aromatic heterocycles. The van der Waals surface area contributed by atoms with E-state index in [-0.39, 0.29) is 12.5 Å². The van der Waals surface area contributed by atoms with E-state index in [2.05, 4.69) is 0 Å². The molecule has 0 unspecified atom stereocenters. The van der Waals surface area contributed by atoms with Gasteiger partial charge in [-0.05, 0) is 60.0 Å². The lowest BCUT2D eigenvalue weighted by Gasteiger charge is -2.10. The first-order valence-corrected chi connectivity index (χ1v) is 9.58. The van der Waals surface area contributed by atoms with Crippen molar-refractivity contribution in [2.45, 2.75) is 6.92 Å². The lowest BCUT2D eigenvalue weighted by molar-refractivity contribution is 0.0483. The highest BCUT2D eigenvalue weighted by atomic mass is 35.5. The lowest BCUT2D eigenvalue weighted by Crippen LogP contribution is -2.00. The van der Waals surface area contributed by atoms with E-state index in [4.69, 9.17) is 37.4 Å². The van der Waals surface area contributed by atoms with Crippen molar-refractivity contribution < 1.29 is 18.6 Å². The second kappa shape index (κ2) is 8.48. The second-order valence-electron chi connectivity index (χ2n) is 5.74. The number of rotatable bonds is 6. The third-order valence-electron chi connectivity index (χ3n) is 4.05. The smallest absolute Gasteiger partial charge is 0.188 e. The van der Waals surface area contributed by atoms with Crippen LogP contribution >= 0.6 is 34.5 Å². The van der Waals surface area contributed by atoms with Gasteiger partial charge in [0, 0.05) is 12.0 Å². The SMILES string of the molecule is COCOc1ccc(-c2cc(Cl)c(-c3ccc(OC)c(Cl)c3C)s2)cc1F. The Morgan fingerprint density at radius 1 is 1.04 bits per heavy atom. The number of hydrogen-bond acceptors (Lipinski definition) is 4. The van der Waals surface area contributed by atoms with Gasteiger partial charge in [0.15, 0.2) is 18.4 Å². The molecule has 0 saturated heterocycles. The maximum Gasteiger partial charge on any atom is 0.188 e. The van der Waals surface area contributed by atoms with Crippen molar-refractivity contribution in [2.24, 2.45) is 0 Å². The molecule has 7 heteroatoms. The largest absolute Gasteiger partial charge is 0.495 e. The maximum absolute atomic E-state index is 14.2. The van der Waals surface area contributed by atoms with Crippen LogP contribution in [0.25, 0.3) is 20.9 Å². The van der Waals surface area contributed by atoms with Gasteiger partial charge in [-0.2, -0.15) is 0 Å². The van der Waals surface area contributed by atoms with Gasteiger partial charge >= 0.3 is 0 Å². The van der Waals surface area contributed by atoms with Gasteiger partial charge in [0.05, 0.1) is 22.0 Å². The van der Waals surface area contributed by atoms with Gasteiger partial charge in [-0.3, -0.25) is 0 Å². The zero-order chi connectivity index (χ0) is 19.6. The van der Waals surface area contributed by atoms with Crippen molar-refractivity contribution in [1.82, 2.24) is 0 Å². The number of thiophene rings is 1. The molecule has 0 fully saturated rings. The van der Waals surface area contributed by atoms with Gasteiger partial charge < -0.3 is 14.2 Å². The van der Waals surface area contributed by atoms with Crippen LogP contribution in [-0.2, 0) is 4.74 Å². The van der Waals surface area contributed by atoms with Gasteiger partial charge in [0.2, 0.25) is 0 Å². The van der Waals surface area contributed by atoms with Crippen molar-refractivity contribution in [3.05, 3.63) is 57.8 Å². The highest BCUT2D eigenvalue weighted by molar-refractivity contribution is 7.19. The van der Waals surface area contributed by atoms with E-state index in [0.717, 1.165) is 20.9 Å². The number of methoxy groups -OCH3 is 2. The van der Waals surface area contributed by atoms with Gasteiger partial charge in [-0.1, -0.05) is 23.2 Å². The van der Waals surface area contributed by atoms with Crippen LogP contribution < -0.4 is 9.47 Å². The summed E-state index contributed by atoms with van der Waals surface area (Å²) in [6, 6.07) is 10.3. The summed E-state index contributed by atoms with van der Waals surface area (Å²) in [6.07, 6.45) is 0. The van der Waals surface area contributed by atoms with Gasteiger partial charge in [0.25, 0.3) is 0 Å². The van der Waals surface area contributed by atoms with Crippen LogP contribution in [0.2, 0.25) is 10.0 Å². The molecule has 0 aliphatic heterocycles. The summed E-state index contributed by atoms with van der Waals surface area (Å²) in [7, 11) is 3.06. The van der Waals surface area contributed by atoms with Crippen molar-refractivity contribution in [2.75, 3.05) is 21.0 Å². The molecule has 142 valence electrons. The Morgan fingerprint density at radius 2 is 1.78 bits per heavy atom. The fourth-order valence-corrected chi connectivity index (χ4v) is 4.41. The van der Waals surface area contributed by atoms with E-state index in [1.807, 2.05) is 25.1 Å². The lowest BCUT2D eigenvalue weighted by atomic mass is 10.1. The van der Waals surface area contributed by atoms with Crippen LogP contribution in [0.4, 0.5) is 4.39 Å². The highest BCUT2D eigenvalue weighted by Crippen LogP contribution is 2.45. The molecular formula is C20H17Cl2FO3S. The van der Waals surface area contributed by atoms with Gasteiger partial charge in [-0.15, -0.1) is 11.3 Å². The van der Waals surface area contributed by atoms with Crippen LogP contribution in [0, 0.1) is 12.7 Å². The van der Waals surface area contributed by atoms with E-state index in [1.165, 1.54) is 24.5 Å². The second-order valence-corrected chi connectivity index (χ2v) is 7.58. The zero-order valence-electron chi connectivity index (χ0n) is 14.9. The van der Waals surface area contributed by atoms with Crippen molar-refractivity contribution in [3.8, 4) is 32.4 Å². The van der Waals surface area contributed by atoms with Crippen LogP contribution in [0.1, 0.15) is 5.56 Å². The van der Waals surface area contributed by atoms with Crippen LogP contribution in [0.5, 0.6) is 11.5 Å². The van der Waals surface area contributed by atoms with Crippen LogP contribution in [0.15, 0.2) is 36.4 Å². The third-order valence-corrected chi connectivity index (χ3v) is 6.15. The minimum Gasteiger partial charge on any atom is -0.495 e. The normalized spacial score (nSPS) is 10.9. The number of hydrogen-bond donors (Lipinski definition) is 0. The van der Waals surface area contributed by atoms with Gasteiger partial charge in [0.1, 0.15) is 5.75 Å². The summed E-state index contributed by atoms with van der Waals surface area (Å²) in [6.45, 7) is 1.90. The molecule has 27 heavy (non-hydrogen) atoms. The van der Waals surface area contributed by atoms with E-state index in [1.54, 1.807) is 19.2 Å². The molecule has 0 radical (unpaired) electrons. The average Bonchev–Trinajstić information content (AvgIpc) is 3.04. The molecule has 0 atom stereocenters. The summed E-state index contributed by atoms with van der Waals surface area (Å²) in [5.74, 6) is 0.292. The maximum atomic E-state index is 14.2. The van der Waals surface area contributed by atoms with Crippen molar-refractivity contribution >= 4 is 34.5 Å². The molecule has 0 N–H and O–H groups in total. The highest BCUT2D eigenvalue weighted by Gasteiger charge is 2.17.